The summed E-state index contributed by atoms with van der Waals surface area (Å²) in [6.45, 7) is 1.66. The van der Waals surface area contributed by atoms with Gasteiger partial charge >= 0.3 is 0 Å². The molecule has 17 unspecified atom stereocenters. The van der Waals surface area contributed by atoms with Crippen LogP contribution in [0.25, 0.3) is 0 Å². The molecule has 0 saturated carbocycles. The number of carbonyl (C=O) groups is 1. The van der Waals surface area contributed by atoms with Crippen LogP contribution >= 0.6 is 0 Å². The van der Waals surface area contributed by atoms with Crippen molar-refractivity contribution in [2.75, 3.05) is 26.4 Å². The van der Waals surface area contributed by atoms with Crippen LogP contribution in [0.5, 0.6) is 0 Å². The van der Waals surface area contributed by atoms with E-state index in [4.69, 9.17) is 28.4 Å². The lowest BCUT2D eigenvalue weighted by Crippen LogP contribution is -2.66. The number of allylic oxidation sites excluding steroid dienone is 1. The summed E-state index contributed by atoms with van der Waals surface area (Å²) in [6, 6.07) is -0.965. The van der Waals surface area contributed by atoms with Gasteiger partial charge in [0.2, 0.25) is 5.91 Å². The Labute approximate surface area is 531 Å². The molecule has 19 heteroatoms. The number of hydrogen-bond donors (Lipinski definition) is 12. The molecule has 17 atom stereocenters. The van der Waals surface area contributed by atoms with Gasteiger partial charge < -0.3 is 89.9 Å². The van der Waals surface area contributed by atoms with Crippen molar-refractivity contribution in [1.29, 1.82) is 0 Å². The maximum Gasteiger partial charge on any atom is 0.220 e. The molecule has 520 valence electrons. The molecule has 0 aromatic rings. The SMILES string of the molecule is CCCCCC/C=C/C(O)C(COC1OC(CO)C(OC2OC(CO)C(OC3OC(CO)C(O)C(O)C3O)C(O)C2O)C(O)C1O)NC(=O)CCCCCCCCCCCCCCCCCCCCCCCCCCCCCCCCCCCCCCC. The van der Waals surface area contributed by atoms with E-state index < -0.39 is 124 Å². The van der Waals surface area contributed by atoms with Gasteiger partial charge in [-0.2, -0.15) is 0 Å². The van der Waals surface area contributed by atoms with Gasteiger partial charge in [0.25, 0.3) is 0 Å². The molecule has 3 fully saturated rings. The van der Waals surface area contributed by atoms with Gasteiger partial charge in [-0.3, -0.25) is 4.79 Å². The number of aliphatic hydroxyl groups excluding tert-OH is 11. The van der Waals surface area contributed by atoms with Crippen molar-refractivity contribution in [1.82, 2.24) is 5.32 Å². The summed E-state index contributed by atoms with van der Waals surface area (Å²) in [6.07, 6.45) is 31.7. The molecule has 3 heterocycles. The minimum absolute atomic E-state index is 0.248. The molecule has 88 heavy (non-hydrogen) atoms. The van der Waals surface area contributed by atoms with E-state index in [1.807, 2.05) is 6.08 Å². The summed E-state index contributed by atoms with van der Waals surface area (Å²) in [4.78, 5) is 13.3. The Bertz CT molecular complexity index is 1650. The zero-order valence-corrected chi connectivity index (χ0v) is 55.0. The van der Waals surface area contributed by atoms with Crippen molar-refractivity contribution in [3.05, 3.63) is 12.2 Å². The third-order valence-corrected chi connectivity index (χ3v) is 18.3. The predicted molar refractivity (Wildman–Crippen MR) is 342 cm³/mol. The summed E-state index contributed by atoms with van der Waals surface area (Å²) in [5.41, 5.74) is 0. The molecule has 0 aliphatic carbocycles. The Morgan fingerprint density at radius 1 is 0.398 bits per heavy atom. The van der Waals surface area contributed by atoms with Crippen LogP contribution in [0.2, 0.25) is 0 Å². The zero-order valence-electron chi connectivity index (χ0n) is 55.0. The fraction of sp³-hybridized carbons (Fsp3) is 0.957. The molecule has 3 aliphatic heterocycles. The predicted octanol–water partition coefficient (Wildman–Crippen LogP) is 9.67. The fourth-order valence-electron chi connectivity index (χ4n) is 12.5. The van der Waals surface area contributed by atoms with Crippen molar-refractivity contribution in [3.63, 3.8) is 0 Å². The van der Waals surface area contributed by atoms with Gasteiger partial charge in [0, 0.05) is 6.42 Å². The highest BCUT2D eigenvalue weighted by atomic mass is 16.8. The summed E-state index contributed by atoms with van der Waals surface area (Å²) in [5.74, 6) is -0.276. The van der Waals surface area contributed by atoms with Gasteiger partial charge in [-0.25, -0.2) is 0 Å². The third-order valence-electron chi connectivity index (χ3n) is 18.3. The highest BCUT2D eigenvalue weighted by Gasteiger charge is 2.53. The lowest BCUT2D eigenvalue weighted by molar-refractivity contribution is -0.379. The first-order chi connectivity index (χ1) is 42.8. The molecule has 12 N–H and O–H groups in total. The number of rotatable bonds is 56. The van der Waals surface area contributed by atoms with Gasteiger partial charge in [-0.05, 0) is 19.3 Å². The molecule has 0 radical (unpaired) electrons. The van der Waals surface area contributed by atoms with Gasteiger partial charge in [0.1, 0.15) is 73.2 Å². The normalized spacial score (nSPS) is 28.4. The van der Waals surface area contributed by atoms with E-state index in [1.54, 1.807) is 6.08 Å². The highest BCUT2D eigenvalue weighted by molar-refractivity contribution is 5.76. The highest BCUT2D eigenvalue weighted by Crippen LogP contribution is 2.33. The minimum atomic E-state index is -1.97. The number of nitrogens with one attached hydrogen (secondary N) is 1. The maximum atomic E-state index is 13.3. The van der Waals surface area contributed by atoms with Crippen molar-refractivity contribution < 1.29 is 89.4 Å². The molecule has 19 nitrogen and oxygen atoms in total. The molecule has 0 aromatic carbocycles. The zero-order chi connectivity index (χ0) is 64.0. The largest absolute Gasteiger partial charge is 0.394 e. The average molecular weight is 1260 g/mol. The molecular formula is C69H131NO18. The minimum Gasteiger partial charge on any atom is -0.394 e. The molecule has 3 aliphatic rings. The smallest absolute Gasteiger partial charge is 0.220 e. The standard InChI is InChI=1S/C69H131NO18/c1-3-5-7-9-11-12-13-14-15-16-17-18-19-20-21-22-23-24-25-26-27-28-29-30-31-32-33-34-35-36-37-38-39-40-41-43-45-47-57(75)70-52(53(74)46-44-42-10-8-6-4-2)51-83-67-63(81)60(78)65(55(49-72)85-67)88-69-64(82)61(79)66(56(50-73)86-69)87-68-62(80)59(77)58(76)54(48-71)84-68/h44,46,52-56,58-69,71-74,76-82H,3-43,45,47-51H2,1-2H3,(H,70,75)/b46-44+. The summed E-state index contributed by atoms with van der Waals surface area (Å²) >= 11 is 0. The Kier molecular flexibility index (Phi) is 47.6. The second-order valence-corrected chi connectivity index (χ2v) is 26.1. The van der Waals surface area contributed by atoms with Crippen LogP contribution in [-0.4, -0.2) is 193 Å². The Balaban J connectivity index is 1.23. The van der Waals surface area contributed by atoms with E-state index >= 15 is 0 Å². The molecule has 0 aromatic heterocycles. The first-order valence-electron chi connectivity index (χ1n) is 35.9. The number of ether oxygens (including phenoxy) is 6. The molecule has 0 spiro atoms. The monoisotopic (exact) mass is 1260 g/mol. The maximum absolute atomic E-state index is 13.3. The lowest BCUT2D eigenvalue weighted by atomic mass is 9.96. The van der Waals surface area contributed by atoms with E-state index in [0.29, 0.717) is 6.42 Å². The van der Waals surface area contributed by atoms with E-state index in [9.17, 15) is 61.0 Å². The van der Waals surface area contributed by atoms with Crippen LogP contribution in [0.3, 0.4) is 0 Å². The van der Waals surface area contributed by atoms with Gasteiger partial charge in [-0.1, -0.05) is 276 Å². The number of aliphatic hydroxyl groups is 11. The third kappa shape index (κ3) is 33.6. The first-order valence-corrected chi connectivity index (χ1v) is 35.9. The van der Waals surface area contributed by atoms with Crippen molar-refractivity contribution in [2.45, 2.75) is 394 Å². The Morgan fingerprint density at radius 3 is 1.07 bits per heavy atom. The molecule has 0 bridgehead atoms. The second kappa shape index (κ2) is 51.9. The molecule has 3 saturated heterocycles. The first kappa shape index (κ1) is 80.8. The van der Waals surface area contributed by atoms with Crippen molar-refractivity contribution in [2.24, 2.45) is 0 Å². The van der Waals surface area contributed by atoms with Crippen LogP contribution < -0.4 is 5.32 Å². The quantitative estimate of drug-likeness (QED) is 0.0199. The molecule has 3 rings (SSSR count). The van der Waals surface area contributed by atoms with Crippen LogP contribution in [-0.2, 0) is 33.2 Å². The lowest BCUT2D eigenvalue weighted by Gasteiger charge is -2.48. The Hall–Kier alpha value is -1.47. The summed E-state index contributed by atoms with van der Waals surface area (Å²) in [7, 11) is 0. The van der Waals surface area contributed by atoms with E-state index in [1.165, 1.54) is 212 Å². The summed E-state index contributed by atoms with van der Waals surface area (Å²) in [5, 5.41) is 120. The molecular weight excluding hydrogens is 1130 g/mol. The number of carbonyl (C=O) groups excluding carboxylic acids is 1. The fourth-order valence-corrected chi connectivity index (χ4v) is 12.5. The van der Waals surface area contributed by atoms with E-state index in [2.05, 4.69) is 19.2 Å². The van der Waals surface area contributed by atoms with Gasteiger partial charge in [-0.15, -0.1) is 0 Å². The van der Waals surface area contributed by atoms with Crippen LogP contribution in [0.15, 0.2) is 12.2 Å². The van der Waals surface area contributed by atoms with Gasteiger partial charge in [0.15, 0.2) is 18.9 Å². The topological polar surface area (TPSA) is 307 Å². The van der Waals surface area contributed by atoms with Crippen LogP contribution in [0.1, 0.15) is 290 Å². The average Bonchev–Trinajstić information content (AvgIpc) is 2.46. The number of amides is 1. The van der Waals surface area contributed by atoms with E-state index in [0.717, 1.165) is 51.4 Å². The van der Waals surface area contributed by atoms with Crippen LogP contribution in [0.4, 0.5) is 0 Å². The number of hydrogen-bond acceptors (Lipinski definition) is 18. The second-order valence-electron chi connectivity index (χ2n) is 26.1. The molecule has 1 amide bonds. The Morgan fingerprint density at radius 2 is 0.705 bits per heavy atom. The van der Waals surface area contributed by atoms with Crippen molar-refractivity contribution >= 4 is 5.91 Å². The van der Waals surface area contributed by atoms with Gasteiger partial charge in [0.05, 0.1) is 38.6 Å². The van der Waals surface area contributed by atoms with Crippen LogP contribution in [0, 0.1) is 0 Å². The number of unbranched alkanes of at least 4 members (excludes halogenated alkanes) is 40. The summed E-state index contributed by atoms with van der Waals surface area (Å²) < 4.78 is 34.2. The van der Waals surface area contributed by atoms with E-state index in [-0.39, 0.29) is 18.9 Å². The van der Waals surface area contributed by atoms with Crippen molar-refractivity contribution in [3.8, 4) is 0 Å².